The molecular weight excluding hydrogens is 228 g/mol. The van der Waals surface area contributed by atoms with Crippen LogP contribution in [0.2, 0.25) is 0 Å². The van der Waals surface area contributed by atoms with Crippen molar-refractivity contribution in [1.29, 1.82) is 0 Å². The van der Waals surface area contributed by atoms with Gasteiger partial charge in [-0.3, -0.25) is 4.90 Å². The van der Waals surface area contributed by atoms with E-state index in [4.69, 9.17) is 9.15 Å². The van der Waals surface area contributed by atoms with Crippen LogP contribution < -0.4 is 5.32 Å². The van der Waals surface area contributed by atoms with Gasteiger partial charge < -0.3 is 14.5 Å². The summed E-state index contributed by atoms with van der Waals surface area (Å²) in [6.45, 7) is 4.89. The van der Waals surface area contributed by atoms with E-state index in [2.05, 4.69) is 31.2 Å². The van der Waals surface area contributed by atoms with Crippen molar-refractivity contribution in [3.05, 3.63) is 24.2 Å². The Morgan fingerprint density at radius 2 is 2.33 bits per heavy atom. The fourth-order valence-electron chi connectivity index (χ4n) is 2.46. The third-order valence-corrected chi connectivity index (χ3v) is 3.71. The average Bonchev–Trinajstić information content (AvgIpc) is 2.85. The Morgan fingerprint density at radius 1 is 1.50 bits per heavy atom. The van der Waals surface area contributed by atoms with E-state index in [1.807, 2.05) is 12.1 Å². The van der Waals surface area contributed by atoms with Crippen LogP contribution in [0.25, 0.3) is 0 Å². The molecule has 3 atom stereocenters. The number of hydrogen-bond donors (Lipinski definition) is 1. The molecule has 18 heavy (non-hydrogen) atoms. The summed E-state index contributed by atoms with van der Waals surface area (Å²) in [5.41, 5.74) is 0. The first kappa shape index (κ1) is 13.6. The molecule has 0 aliphatic carbocycles. The lowest BCUT2D eigenvalue weighted by Crippen LogP contribution is -2.44. The number of furan rings is 1. The van der Waals surface area contributed by atoms with Gasteiger partial charge in [-0.25, -0.2) is 0 Å². The van der Waals surface area contributed by atoms with Gasteiger partial charge in [0.2, 0.25) is 0 Å². The van der Waals surface area contributed by atoms with Crippen molar-refractivity contribution in [2.45, 2.75) is 25.4 Å². The minimum atomic E-state index is 0.287. The third-order valence-electron chi connectivity index (χ3n) is 3.71. The lowest BCUT2D eigenvalue weighted by Gasteiger charge is -2.32. The van der Waals surface area contributed by atoms with Gasteiger partial charge in [0.15, 0.2) is 0 Å². The van der Waals surface area contributed by atoms with Crippen LogP contribution in [0.3, 0.4) is 0 Å². The summed E-state index contributed by atoms with van der Waals surface area (Å²) in [5.74, 6) is 1.60. The Kier molecular flexibility index (Phi) is 4.80. The first-order chi connectivity index (χ1) is 8.68. The molecule has 1 saturated heterocycles. The summed E-state index contributed by atoms with van der Waals surface area (Å²) in [6, 6.07) is 4.83. The molecule has 0 bridgehead atoms. The van der Waals surface area contributed by atoms with Crippen molar-refractivity contribution >= 4 is 0 Å². The second-order valence-electron chi connectivity index (χ2n) is 5.35. The van der Waals surface area contributed by atoms with E-state index in [-0.39, 0.29) is 6.04 Å². The fourth-order valence-corrected chi connectivity index (χ4v) is 2.46. The van der Waals surface area contributed by atoms with Gasteiger partial charge in [-0.15, -0.1) is 0 Å². The number of nitrogens with zero attached hydrogens (tertiary/aromatic N) is 1. The number of rotatable bonds is 5. The van der Waals surface area contributed by atoms with E-state index in [1.165, 1.54) is 0 Å². The van der Waals surface area contributed by atoms with Gasteiger partial charge in [0, 0.05) is 19.2 Å². The molecule has 0 aromatic carbocycles. The molecule has 4 heteroatoms. The van der Waals surface area contributed by atoms with Crippen LogP contribution in [0.5, 0.6) is 0 Å². The molecule has 102 valence electrons. The Hall–Kier alpha value is -0.840. The Bertz CT molecular complexity index is 338. The van der Waals surface area contributed by atoms with E-state index in [9.17, 15) is 0 Å². The van der Waals surface area contributed by atoms with Crippen molar-refractivity contribution in [2.24, 2.45) is 5.92 Å². The smallest absolute Gasteiger partial charge is 0.122 e. The average molecular weight is 252 g/mol. The molecule has 4 nitrogen and oxygen atoms in total. The van der Waals surface area contributed by atoms with E-state index >= 15 is 0 Å². The zero-order chi connectivity index (χ0) is 13.0. The molecule has 1 aliphatic heterocycles. The highest BCUT2D eigenvalue weighted by Crippen LogP contribution is 2.20. The Morgan fingerprint density at radius 3 is 2.94 bits per heavy atom. The highest BCUT2D eigenvalue weighted by atomic mass is 16.5. The predicted molar refractivity (Wildman–Crippen MR) is 71.5 cm³/mol. The molecule has 2 rings (SSSR count). The molecule has 1 aliphatic rings. The third kappa shape index (κ3) is 3.34. The maximum absolute atomic E-state index is 5.52. The van der Waals surface area contributed by atoms with E-state index in [0.29, 0.717) is 12.0 Å². The van der Waals surface area contributed by atoms with Crippen LogP contribution in [0.15, 0.2) is 22.8 Å². The Labute approximate surface area is 109 Å². The van der Waals surface area contributed by atoms with Gasteiger partial charge in [-0.1, -0.05) is 6.92 Å². The molecule has 0 radical (unpaired) electrons. The molecule has 1 fully saturated rings. The van der Waals surface area contributed by atoms with Crippen LogP contribution >= 0.6 is 0 Å². The SMILES string of the molecule is CC1COCCC1NCC(c1ccco1)N(C)C. The minimum Gasteiger partial charge on any atom is -0.468 e. The summed E-state index contributed by atoms with van der Waals surface area (Å²) >= 11 is 0. The molecule has 0 saturated carbocycles. The number of nitrogens with one attached hydrogen (secondary N) is 1. The topological polar surface area (TPSA) is 37.6 Å². The number of hydrogen-bond acceptors (Lipinski definition) is 4. The maximum Gasteiger partial charge on any atom is 0.122 e. The van der Waals surface area contributed by atoms with Crippen molar-refractivity contribution < 1.29 is 9.15 Å². The Balaban J connectivity index is 1.90. The van der Waals surface area contributed by atoms with Gasteiger partial charge in [0.25, 0.3) is 0 Å². The van der Waals surface area contributed by atoms with Gasteiger partial charge in [0.1, 0.15) is 5.76 Å². The summed E-state index contributed by atoms with van der Waals surface area (Å²) in [7, 11) is 4.17. The largest absolute Gasteiger partial charge is 0.468 e. The first-order valence-corrected chi connectivity index (χ1v) is 6.69. The molecule has 0 amide bonds. The summed E-state index contributed by atoms with van der Waals surface area (Å²) in [5, 5.41) is 3.66. The van der Waals surface area contributed by atoms with Crippen LogP contribution in [0.1, 0.15) is 25.1 Å². The molecule has 1 N–H and O–H groups in total. The predicted octanol–water partition coefficient (Wildman–Crippen LogP) is 1.90. The fraction of sp³-hybridized carbons (Fsp3) is 0.714. The zero-order valence-corrected chi connectivity index (χ0v) is 11.6. The maximum atomic E-state index is 5.52. The van der Waals surface area contributed by atoms with E-state index < -0.39 is 0 Å². The van der Waals surface area contributed by atoms with Crippen molar-refractivity contribution in [3.8, 4) is 0 Å². The van der Waals surface area contributed by atoms with Crippen LogP contribution in [0, 0.1) is 5.92 Å². The summed E-state index contributed by atoms with van der Waals surface area (Å²) in [6.07, 6.45) is 2.84. The monoisotopic (exact) mass is 252 g/mol. The lowest BCUT2D eigenvalue weighted by molar-refractivity contribution is 0.0370. The number of ether oxygens (including phenoxy) is 1. The number of likely N-dealkylation sites (N-methyl/N-ethyl adjacent to an activating group) is 1. The second kappa shape index (κ2) is 6.36. The highest BCUT2D eigenvalue weighted by Gasteiger charge is 2.24. The first-order valence-electron chi connectivity index (χ1n) is 6.69. The van der Waals surface area contributed by atoms with Crippen molar-refractivity contribution in [3.63, 3.8) is 0 Å². The highest BCUT2D eigenvalue weighted by molar-refractivity contribution is 5.05. The molecule has 1 aromatic heterocycles. The summed E-state index contributed by atoms with van der Waals surface area (Å²) < 4.78 is 11.0. The second-order valence-corrected chi connectivity index (χ2v) is 5.35. The van der Waals surface area contributed by atoms with Gasteiger partial charge in [-0.05, 0) is 38.6 Å². The molecule has 3 unspecified atom stereocenters. The zero-order valence-electron chi connectivity index (χ0n) is 11.6. The standard InChI is InChI=1S/C14H24N2O2/c1-11-10-17-8-6-12(11)15-9-13(16(2)3)14-5-4-7-18-14/h4-5,7,11-13,15H,6,8-10H2,1-3H3. The summed E-state index contributed by atoms with van der Waals surface area (Å²) in [4.78, 5) is 2.19. The van der Waals surface area contributed by atoms with Crippen LogP contribution in [-0.4, -0.2) is 44.8 Å². The van der Waals surface area contributed by atoms with E-state index in [1.54, 1.807) is 6.26 Å². The molecular formula is C14H24N2O2. The molecule has 0 spiro atoms. The lowest BCUT2D eigenvalue weighted by atomic mass is 9.97. The van der Waals surface area contributed by atoms with Gasteiger partial charge in [-0.2, -0.15) is 0 Å². The van der Waals surface area contributed by atoms with Crippen molar-refractivity contribution in [1.82, 2.24) is 10.2 Å². The minimum absolute atomic E-state index is 0.287. The normalized spacial score (nSPS) is 26.4. The van der Waals surface area contributed by atoms with Crippen LogP contribution in [0.4, 0.5) is 0 Å². The van der Waals surface area contributed by atoms with Gasteiger partial charge in [0.05, 0.1) is 18.9 Å². The molecule has 2 heterocycles. The van der Waals surface area contributed by atoms with Crippen LogP contribution in [-0.2, 0) is 4.74 Å². The molecule has 1 aromatic rings. The van der Waals surface area contributed by atoms with E-state index in [0.717, 1.165) is 31.9 Å². The quantitative estimate of drug-likeness (QED) is 0.868. The van der Waals surface area contributed by atoms with Gasteiger partial charge >= 0.3 is 0 Å². The van der Waals surface area contributed by atoms with Crippen molar-refractivity contribution in [2.75, 3.05) is 33.9 Å².